The van der Waals surface area contributed by atoms with Gasteiger partial charge >= 0.3 is 0 Å². The number of aryl methyl sites for hydroxylation is 1. The molecule has 2 nitrogen and oxygen atoms in total. The Morgan fingerprint density at radius 2 is 2.33 bits per heavy atom. The highest BCUT2D eigenvalue weighted by Gasteiger charge is 2.32. The van der Waals surface area contributed by atoms with Crippen molar-refractivity contribution in [2.24, 2.45) is 11.7 Å². The molecule has 100 valence electrons. The summed E-state index contributed by atoms with van der Waals surface area (Å²) >= 11 is 1.95. The van der Waals surface area contributed by atoms with E-state index >= 15 is 0 Å². The van der Waals surface area contributed by atoms with Crippen LogP contribution in [0.4, 0.5) is 0 Å². The molecule has 3 unspecified atom stereocenters. The lowest BCUT2D eigenvalue weighted by Crippen LogP contribution is -2.48. The number of hydrogen-bond acceptors (Lipinski definition) is 3. The highest BCUT2D eigenvalue weighted by molar-refractivity contribution is 7.10. The summed E-state index contributed by atoms with van der Waals surface area (Å²) in [7, 11) is 0. The van der Waals surface area contributed by atoms with E-state index < -0.39 is 0 Å². The molecule has 0 aromatic carbocycles. The monoisotopic (exact) mass is 264 g/mol. The Kier molecular flexibility index (Phi) is 3.73. The quantitative estimate of drug-likeness (QED) is 0.889. The number of hydrogen-bond donors (Lipinski definition) is 1. The summed E-state index contributed by atoms with van der Waals surface area (Å²) in [4.78, 5) is 4.34. The molecule has 0 bridgehead atoms. The average molecular weight is 264 g/mol. The van der Waals surface area contributed by atoms with E-state index in [9.17, 15) is 0 Å². The van der Waals surface area contributed by atoms with Crippen LogP contribution in [0, 0.1) is 5.92 Å². The summed E-state index contributed by atoms with van der Waals surface area (Å²) < 4.78 is 0. The molecule has 0 radical (unpaired) electrons. The third-order valence-electron chi connectivity index (χ3n) is 4.81. The van der Waals surface area contributed by atoms with Gasteiger partial charge in [-0.1, -0.05) is 13.3 Å². The number of nitrogens with two attached hydrogens (primary N) is 1. The van der Waals surface area contributed by atoms with Crippen molar-refractivity contribution in [3.8, 4) is 0 Å². The molecule has 3 heteroatoms. The molecule has 3 rings (SSSR count). The number of nitrogens with zero attached hydrogens (tertiary/aromatic N) is 1. The third kappa shape index (κ3) is 2.24. The average Bonchev–Trinajstić information content (AvgIpc) is 2.87. The van der Waals surface area contributed by atoms with Crippen molar-refractivity contribution in [1.82, 2.24) is 4.90 Å². The van der Waals surface area contributed by atoms with Gasteiger partial charge in [0.05, 0.1) is 0 Å². The zero-order valence-corrected chi connectivity index (χ0v) is 12.1. The van der Waals surface area contributed by atoms with Gasteiger partial charge in [-0.15, -0.1) is 11.3 Å². The van der Waals surface area contributed by atoms with Crippen LogP contribution in [0.3, 0.4) is 0 Å². The molecule has 18 heavy (non-hydrogen) atoms. The topological polar surface area (TPSA) is 29.3 Å². The van der Waals surface area contributed by atoms with Gasteiger partial charge in [0.15, 0.2) is 0 Å². The fourth-order valence-corrected chi connectivity index (χ4v) is 4.62. The Morgan fingerprint density at radius 1 is 1.44 bits per heavy atom. The first-order chi connectivity index (χ1) is 8.79. The lowest BCUT2D eigenvalue weighted by atomic mass is 9.86. The zero-order chi connectivity index (χ0) is 12.5. The number of likely N-dealkylation sites (tertiary alicyclic amines) is 1. The highest BCUT2D eigenvalue weighted by atomic mass is 32.1. The minimum atomic E-state index is 0.428. The highest BCUT2D eigenvalue weighted by Crippen LogP contribution is 2.39. The van der Waals surface area contributed by atoms with Gasteiger partial charge in [0.25, 0.3) is 0 Å². The van der Waals surface area contributed by atoms with Crippen LogP contribution in [0.2, 0.25) is 0 Å². The normalized spacial score (nSPS) is 33.3. The van der Waals surface area contributed by atoms with Crippen molar-refractivity contribution >= 4 is 11.3 Å². The van der Waals surface area contributed by atoms with E-state index in [1.54, 1.807) is 10.4 Å². The number of thiophene rings is 1. The summed E-state index contributed by atoms with van der Waals surface area (Å²) in [6, 6.07) is 3.47. The van der Waals surface area contributed by atoms with E-state index in [-0.39, 0.29) is 0 Å². The Bertz CT molecular complexity index is 401. The van der Waals surface area contributed by atoms with Crippen molar-refractivity contribution in [3.63, 3.8) is 0 Å². The number of piperidine rings is 1. The minimum Gasteiger partial charge on any atom is -0.327 e. The maximum absolute atomic E-state index is 6.23. The first-order valence-electron chi connectivity index (χ1n) is 7.35. The van der Waals surface area contributed by atoms with Crippen LogP contribution in [0.1, 0.15) is 49.1 Å². The Hall–Kier alpha value is -0.380. The van der Waals surface area contributed by atoms with E-state index in [4.69, 9.17) is 5.73 Å². The van der Waals surface area contributed by atoms with Crippen LogP contribution in [0.25, 0.3) is 0 Å². The van der Waals surface area contributed by atoms with E-state index in [1.165, 1.54) is 45.2 Å². The van der Waals surface area contributed by atoms with Crippen LogP contribution >= 0.6 is 11.3 Å². The van der Waals surface area contributed by atoms with Crippen molar-refractivity contribution in [2.45, 2.75) is 51.1 Å². The van der Waals surface area contributed by atoms with Crippen LogP contribution in [-0.2, 0) is 6.42 Å². The molecule has 2 heterocycles. The van der Waals surface area contributed by atoms with E-state index in [1.807, 2.05) is 11.3 Å². The smallest absolute Gasteiger partial charge is 0.0359 e. The zero-order valence-electron chi connectivity index (χ0n) is 11.3. The maximum Gasteiger partial charge on any atom is 0.0359 e. The third-order valence-corrected chi connectivity index (χ3v) is 5.81. The van der Waals surface area contributed by atoms with Crippen molar-refractivity contribution < 1.29 is 0 Å². The predicted octanol–water partition coefficient (Wildman–Crippen LogP) is 3.18. The first kappa shape index (κ1) is 12.6. The van der Waals surface area contributed by atoms with Crippen LogP contribution in [0.15, 0.2) is 11.4 Å². The van der Waals surface area contributed by atoms with E-state index in [0.29, 0.717) is 18.0 Å². The molecule has 2 aliphatic rings. The molecule has 1 aliphatic carbocycles. The van der Waals surface area contributed by atoms with Crippen LogP contribution < -0.4 is 5.73 Å². The molecule has 0 amide bonds. The van der Waals surface area contributed by atoms with Crippen molar-refractivity contribution in [1.29, 1.82) is 0 Å². The molecule has 1 aromatic heterocycles. The van der Waals surface area contributed by atoms with E-state index in [2.05, 4.69) is 23.3 Å². The van der Waals surface area contributed by atoms with Gasteiger partial charge in [-0.05, 0) is 48.6 Å². The first-order valence-corrected chi connectivity index (χ1v) is 8.23. The summed E-state index contributed by atoms with van der Waals surface area (Å²) in [5, 5.41) is 2.27. The second-order valence-corrected chi connectivity index (χ2v) is 6.82. The van der Waals surface area contributed by atoms with E-state index in [0.717, 1.165) is 0 Å². The molecule has 3 atom stereocenters. The lowest BCUT2D eigenvalue weighted by Gasteiger charge is -2.42. The molecule has 2 N–H and O–H groups in total. The summed E-state index contributed by atoms with van der Waals surface area (Å²) in [5.74, 6) is 0.697. The Balaban J connectivity index is 1.77. The molecule has 0 spiro atoms. The Labute approximate surface area is 114 Å². The lowest BCUT2D eigenvalue weighted by molar-refractivity contribution is 0.0971. The molecule has 1 aromatic rings. The van der Waals surface area contributed by atoms with Crippen molar-refractivity contribution in [2.75, 3.05) is 13.1 Å². The van der Waals surface area contributed by atoms with Gasteiger partial charge < -0.3 is 5.73 Å². The second kappa shape index (κ2) is 5.32. The van der Waals surface area contributed by atoms with Gasteiger partial charge in [0.2, 0.25) is 0 Å². The molecule has 1 aliphatic heterocycles. The fourth-order valence-electron chi connectivity index (χ4n) is 3.63. The summed E-state index contributed by atoms with van der Waals surface area (Å²) in [6.45, 7) is 4.68. The number of fused-ring (bicyclic) bond motifs is 1. The van der Waals surface area contributed by atoms with Crippen LogP contribution in [0.5, 0.6) is 0 Å². The maximum atomic E-state index is 6.23. The van der Waals surface area contributed by atoms with Gasteiger partial charge in [0.1, 0.15) is 0 Å². The van der Waals surface area contributed by atoms with Crippen molar-refractivity contribution in [3.05, 3.63) is 21.9 Å². The minimum absolute atomic E-state index is 0.428. The molecule has 0 saturated carbocycles. The summed E-state index contributed by atoms with van der Waals surface area (Å²) in [5.41, 5.74) is 7.85. The van der Waals surface area contributed by atoms with Gasteiger partial charge in [0, 0.05) is 30.1 Å². The molecular formula is C15H24N2S. The van der Waals surface area contributed by atoms with Crippen LogP contribution in [-0.4, -0.2) is 24.0 Å². The largest absolute Gasteiger partial charge is 0.327 e. The van der Waals surface area contributed by atoms with Gasteiger partial charge in [-0.2, -0.15) is 0 Å². The Morgan fingerprint density at radius 3 is 3.17 bits per heavy atom. The SMILES string of the molecule is CCC1CN(C2CCCc3sccc32)CCC1N. The molecule has 1 fully saturated rings. The standard InChI is InChI=1S/C15H24N2S/c1-2-11-10-17(8-6-13(11)16)14-4-3-5-15-12(14)7-9-18-15/h7,9,11,13-14H,2-6,8,10,16H2,1H3. The predicted molar refractivity (Wildman–Crippen MR) is 77.9 cm³/mol. The van der Waals surface area contributed by atoms with Gasteiger partial charge in [-0.25, -0.2) is 0 Å². The number of rotatable bonds is 2. The fraction of sp³-hybridized carbons (Fsp3) is 0.733. The molecular weight excluding hydrogens is 240 g/mol. The van der Waals surface area contributed by atoms with Gasteiger partial charge in [-0.3, -0.25) is 4.90 Å². The summed E-state index contributed by atoms with van der Waals surface area (Å²) in [6.07, 6.45) is 6.40. The second-order valence-electron chi connectivity index (χ2n) is 5.82. The molecule has 1 saturated heterocycles.